The Morgan fingerprint density at radius 3 is 2.58 bits per heavy atom. The average molecular weight is 360 g/mol. The van der Waals surface area contributed by atoms with E-state index in [1.165, 1.54) is 12.0 Å². The molecule has 0 radical (unpaired) electrons. The third-order valence-corrected chi connectivity index (χ3v) is 5.03. The molecule has 5 heteroatoms. The van der Waals surface area contributed by atoms with Gasteiger partial charge in [-0.15, -0.1) is 0 Å². The number of likely N-dealkylation sites (N-methyl/N-ethyl adjacent to an activating group) is 1. The Bertz CT molecular complexity index is 528. The summed E-state index contributed by atoms with van der Waals surface area (Å²) in [4.78, 5) is 9.38. The van der Waals surface area contributed by atoms with Crippen molar-refractivity contribution in [3.63, 3.8) is 0 Å². The van der Waals surface area contributed by atoms with E-state index >= 15 is 0 Å². The van der Waals surface area contributed by atoms with Gasteiger partial charge < -0.3 is 15.5 Å². The quantitative estimate of drug-likeness (QED) is 0.425. The predicted octanol–water partition coefficient (Wildman–Crippen LogP) is 2.58. The molecule has 146 valence electrons. The largest absolute Gasteiger partial charge is 0.356 e. The monoisotopic (exact) mass is 359 g/mol. The van der Waals surface area contributed by atoms with E-state index in [-0.39, 0.29) is 0 Å². The number of rotatable bonds is 8. The lowest BCUT2D eigenvalue weighted by Crippen LogP contribution is -2.47. The van der Waals surface area contributed by atoms with Crippen molar-refractivity contribution in [1.29, 1.82) is 0 Å². The molecule has 1 saturated heterocycles. The third kappa shape index (κ3) is 6.96. The van der Waals surface area contributed by atoms with Gasteiger partial charge in [0.1, 0.15) is 0 Å². The number of nitrogens with zero attached hydrogens (tertiary/aromatic N) is 3. The fourth-order valence-electron chi connectivity index (χ4n) is 3.40. The second-order valence-electron chi connectivity index (χ2n) is 7.69. The van der Waals surface area contributed by atoms with Crippen molar-refractivity contribution in [2.75, 3.05) is 53.4 Å². The van der Waals surface area contributed by atoms with E-state index in [4.69, 9.17) is 0 Å². The first-order chi connectivity index (χ1) is 12.6. The Kier molecular flexibility index (Phi) is 8.92. The van der Waals surface area contributed by atoms with Crippen LogP contribution >= 0.6 is 0 Å². The van der Waals surface area contributed by atoms with E-state index in [1.54, 1.807) is 0 Å². The number of nitrogens with one attached hydrogen (secondary N) is 2. The van der Waals surface area contributed by atoms with Crippen LogP contribution in [0.15, 0.2) is 35.3 Å². The van der Waals surface area contributed by atoms with Crippen LogP contribution in [0.3, 0.4) is 0 Å². The van der Waals surface area contributed by atoms with Gasteiger partial charge in [0.15, 0.2) is 5.96 Å². The Labute approximate surface area is 159 Å². The van der Waals surface area contributed by atoms with Crippen LogP contribution in [0.4, 0.5) is 0 Å². The van der Waals surface area contributed by atoms with Crippen molar-refractivity contribution in [1.82, 2.24) is 20.4 Å². The van der Waals surface area contributed by atoms with Crippen LogP contribution in [-0.4, -0.2) is 69.1 Å². The van der Waals surface area contributed by atoms with E-state index in [9.17, 15) is 0 Å². The molecule has 1 aromatic rings. The molecular formula is C21H37N5. The predicted molar refractivity (Wildman–Crippen MR) is 112 cm³/mol. The number of aliphatic imine (C=N–C) groups is 1. The SMILES string of the molecule is CN=C(NCCCN1CCN(C)CC1c1ccccc1)NCCC(C)C. The molecule has 0 aliphatic carbocycles. The van der Waals surface area contributed by atoms with Gasteiger partial charge in [0.25, 0.3) is 0 Å². The van der Waals surface area contributed by atoms with E-state index in [1.807, 2.05) is 7.05 Å². The van der Waals surface area contributed by atoms with Crippen molar-refractivity contribution in [3.8, 4) is 0 Å². The minimum absolute atomic E-state index is 0.499. The summed E-state index contributed by atoms with van der Waals surface area (Å²) < 4.78 is 0. The van der Waals surface area contributed by atoms with Crippen LogP contribution in [0.1, 0.15) is 38.3 Å². The number of piperazine rings is 1. The van der Waals surface area contributed by atoms with Gasteiger partial charge in [0.2, 0.25) is 0 Å². The maximum Gasteiger partial charge on any atom is 0.190 e. The van der Waals surface area contributed by atoms with Gasteiger partial charge in [-0.05, 0) is 31.4 Å². The van der Waals surface area contributed by atoms with Gasteiger partial charge in [0, 0.05) is 52.4 Å². The molecule has 1 atom stereocenters. The Morgan fingerprint density at radius 2 is 1.88 bits per heavy atom. The molecule has 1 aliphatic rings. The van der Waals surface area contributed by atoms with Gasteiger partial charge in [-0.1, -0.05) is 44.2 Å². The molecule has 1 aromatic carbocycles. The number of hydrogen-bond acceptors (Lipinski definition) is 3. The van der Waals surface area contributed by atoms with Crippen LogP contribution in [0.5, 0.6) is 0 Å². The lowest BCUT2D eigenvalue weighted by molar-refractivity contribution is 0.0891. The van der Waals surface area contributed by atoms with E-state index in [0.29, 0.717) is 12.0 Å². The van der Waals surface area contributed by atoms with Gasteiger partial charge in [0.05, 0.1) is 0 Å². The summed E-state index contributed by atoms with van der Waals surface area (Å²) in [7, 11) is 4.07. The van der Waals surface area contributed by atoms with Gasteiger partial charge in [-0.2, -0.15) is 0 Å². The first kappa shape index (κ1) is 20.7. The summed E-state index contributed by atoms with van der Waals surface area (Å²) in [5.41, 5.74) is 1.43. The number of hydrogen-bond donors (Lipinski definition) is 2. The maximum atomic E-state index is 4.32. The zero-order valence-corrected chi connectivity index (χ0v) is 17.0. The Hall–Kier alpha value is -1.59. The molecule has 0 spiro atoms. The molecule has 1 heterocycles. The second-order valence-corrected chi connectivity index (χ2v) is 7.69. The highest BCUT2D eigenvalue weighted by molar-refractivity contribution is 5.79. The average Bonchev–Trinajstić information content (AvgIpc) is 2.65. The molecule has 1 aliphatic heterocycles. The van der Waals surface area contributed by atoms with Gasteiger partial charge >= 0.3 is 0 Å². The fraction of sp³-hybridized carbons (Fsp3) is 0.667. The van der Waals surface area contributed by atoms with Crippen LogP contribution in [0.2, 0.25) is 0 Å². The van der Waals surface area contributed by atoms with Crippen molar-refractivity contribution < 1.29 is 0 Å². The molecule has 1 fully saturated rings. The van der Waals surface area contributed by atoms with Gasteiger partial charge in [-0.3, -0.25) is 9.89 Å². The first-order valence-electron chi connectivity index (χ1n) is 10.0. The smallest absolute Gasteiger partial charge is 0.190 e. The highest BCUT2D eigenvalue weighted by Gasteiger charge is 2.25. The van der Waals surface area contributed by atoms with E-state index in [0.717, 1.165) is 51.6 Å². The Morgan fingerprint density at radius 1 is 1.15 bits per heavy atom. The Balaban J connectivity index is 1.76. The van der Waals surface area contributed by atoms with Crippen molar-refractivity contribution in [3.05, 3.63) is 35.9 Å². The lowest BCUT2D eigenvalue weighted by atomic mass is 10.0. The molecule has 5 nitrogen and oxygen atoms in total. The first-order valence-corrected chi connectivity index (χ1v) is 10.0. The van der Waals surface area contributed by atoms with Crippen LogP contribution in [0, 0.1) is 5.92 Å². The highest BCUT2D eigenvalue weighted by atomic mass is 15.3. The molecule has 2 rings (SSSR count). The molecular weight excluding hydrogens is 322 g/mol. The van der Waals surface area contributed by atoms with Crippen LogP contribution in [0.25, 0.3) is 0 Å². The molecule has 0 amide bonds. The van der Waals surface area contributed by atoms with Crippen molar-refractivity contribution in [2.45, 2.75) is 32.7 Å². The van der Waals surface area contributed by atoms with Crippen molar-refractivity contribution in [2.24, 2.45) is 10.9 Å². The zero-order chi connectivity index (χ0) is 18.8. The van der Waals surface area contributed by atoms with Crippen molar-refractivity contribution >= 4 is 5.96 Å². The third-order valence-electron chi connectivity index (χ3n) is 5.03. The molecule has 0 saturated carbocycles. The summed E-state index contributed by atoms with van der Waals surface area (Å²) in [6.07, 6.45) is 2.29. The minimum atomic E-state index is 0.499. The summed E-state index contributed by atoms with van der Waals surface area (Å²) in [6.45, 7) is 10.9. The standard InChI is InChI=1S/C21H37N5/c1-18(2)11-13-24-21(22-3)23-12-8-14-26-16-15-25(4)17-20(26)19-9-6-5-7-10-19/h5-7,9-10,18,20H,8,11-17H2,1-4H3,(H2,22,23,24). The molecule has 0 bridgehead atoms. The zero-order valence-electron chi connectivity index (χ0n) is 17.0. The fourth-order valence-corrected chi connectivity index (χ4v) is 3.40. The van der Waals surface area contributed by atoms with Crippen LogP contribution < -0.4 is 10.6 Å². The van der Waals surface area contributed by atoms with E-state index in [2.05, 4.69) is 76.7 Å². The van der Waals surface area contributed by atoms with Crippen LogP contribution in [-0.2, 0) is 0 Å². The number of benzene rings is 1. The minimum Gasteiger partial charge on any atom is -0.356 e. The summed E-state index contributed by atoms with van der Waals surface area (Å²) in [5, 5.41) is 6.85. The lowest BCUT2D eigenvalue weighted by Gasteiger charge is -2.40. The molecule has 1 unspecified atom stereocenters. The summed E-state index contributed by atoms with van der Waals surface area (Å²) in [6, 6.07) is 11.4. The molecule has 2 N–H and O–H groups in total. The summed E-state index contributed by atoms with van der Waals surface area (Å²) in [5.74, 6) is 1.64. The highest BCUT2D eigenvalue weighted by Crippen LogP contribution is 2.24. The molecule has 26 heavy (non-hydrogen) atoms. The molecule has 0 aromatic heterocycles. The number of guanidine groups is 1. The van der Waals surface area contributed by atoms with Gasteiger partial charge in [-0.25, -0.2) is 0 Å². The summed E-state index contributed by atoms with van der Waals surface area (Å²) >= 11 is 0. The topological polar surface area (TPSA) is 42.9 Å². The second kappa shape index (κ2) is 11.2. The normalized spacial score (nSPS) is 19.7. The maximum absolute atomic E-state index is 4.32. The van der Waals surface area contributed by atoms with E-state index < -0.39 is 0 Å².